The Morgan fingerprint density at radius 3 is 3.00 bits per heavy atom. The molecule has 84 valence electrons. The van der Waals surface area contributed by atoms with E-state index in [2.05, 4.69) is 25.1 Å². The van der Waals surface area contributed by atoms with Gasteiger partial charge in [-0.1, -0.05) is 23.8 Å². The zero-order chi connectivity index (χ0) is 11.3. The first kappa shape index (κ1) is 9.88. The fourth-order valence-electron chi connectivity index (χ4n) is 3.20. The maximum atomic E-state index is 12.1. The van der Waals surface area contributed by atoms with E-state index in [-0.39, 0.29) is 5.92 Å². The molecule has 0 bridgehead atoms. The van der Waals surface area contributed by atoms with Crippen LogP contribution in [0.3, 0.4) is 0 Å². The van der Waals surface area contributed by atoms with E-state index in [4.69, 9.17) is 0 Å². The van der Waals surface area contributed by atoms with E-state index in [1.165, 1.54) is 16.7 Å². The molecule has 1 heterocycles. The number of benzene rings is 1. The Balaban J connectivity index is 2.10. The van der Waals surface area contributed by atoms with E-state index in [1.807, 2.05) is 11.9 Å². The monoisotopic (exact) mass is 215 g/mol. The molecule has 2 unspecified atom stereocenters. The highest BCUT2D eigenvalue weighted by Crippen LogP contribution is 2.41. The molecule has 1 aromatic rings. The lowest BCUT2D eigenvalue weighted by Crippen LogP contribution is -2.23. The van der Waals surface area contributed by atoms with Crippen molar-refractivity contribution in [3.05, 3.63) is 34.9 Å². The van der Waals surface area contributed by atoms with Gasteiger partial charge in [0.25, 0.3) is 0 Å². The van der Waals surface area contributed by atoms with Crippen LogP contribution in [0.25, 0.3) is 0 Å². The molecule has 0 saturated carbocycles. The Morgan fingerprint density at radius 1 is 1.38 bits per heavy atom. The molecule has 2 heteroatoms. The summed E-state index contributed by atoms with van der Waals surface area (Å²) in [4.78, 5) is 14.0. The van der Waals surface area contributed by atoms with Crippen molar-refractivity contribution in [1.29, 1.82) is 0 Å². The topological polar surface area (TPSA) is 20.3 Å². The normalized spacial score (nSPS) is 27.9. The van der Waals surface area contributed by atoms with Gasteiger partial charge in [0.15, 0.2) is 0 Å². The highest BCUT2D eigenvalue weighted by Gasteiger charge is 2.42. The summed E-state index contributed by atoms with van der Waals surface area (Å²) in [6.45, 7) is 3.05. The molecule has 2 aliphatic rings. The molecule has 1 fully saturated rings. The average molecular weight is 215 g/mol. The van der Waals surface area contributed by atoms with E-state index < -0.39 is 0 Å². The van der Waals surface area contributed by atoms with E-state index in [9.17, 15) is 4.79 Å². The fourth-order valence-corrected chi connectivity index (χ4v) is 3.20. The lowest BCUT2D eigenvalue weighted by Gasteiger charge is -2.26. The molecule has 2 nitrogen and oxygen atoms in total. The van der Waals surface area contributed by atoms with Gasteiger partial charge >= 0.3 is 0 Å². The molecule has 0 aromatic heterocycles. The molecular weight excluding hydrogens is 198 g/mol. The minimum atomic E-state index is 0.147. The molecular formula is C14H17NO. The van der Waals surface area contributed by atoms with Crippen molar-refractivity contribution in [2.24, 2.45) is 5.92 Å². The maximum Gasteiger partial charge on any atom is 0.230 e. The van der Waals surface area contributed by atoms with Crippen LogP contribution in [0.1, 0.15) is 29.0 Å². The molecule has 1 aliphatic carbocycles. The third kappa shape index (κ3) is 1.29. The van der Waals surface area contributed by atoms with Crippen LogP contribution in [-0.4, -0.2) is 24.4 Å². The predicted octanol–water partition coefficient (Wildman–Crippen LogP) is 2.11. The standard InChI is InChI=1S/C14H17NO/c1-9-3-4-10-5-6-11-8-15(2)14(16)13(11)12(10)7-9/h3-4,7,11,13H,5-6,8H2,1-2H3. The van der Waals surface area contributed by atoms with Crippen molar-refractivity contribution < 1.29 is 4.79 Å². The Kier molecular flexibility index (Phi) is 2.06. The van der Waals surface area contributed by atoms with Gasteiger partial charge in [0.05, 0.1) is 5.92 Å². The SMILES string of the molecule is Cc1ccc2c(c1)C1C(=O)N(C)CC1CC2. The molecule has 3 rings (SSSR count). The Labute approximate surface area is 96.3 Å². The highest BCUT2D eigenvalue weighted by molar-refractivity contribution is 5.87. The molecule has 1 amide bonds. The first-order valence-corrected chi connectivity index (χ1v) is 6.01. The van der Waals surface area contributed by atoms with Crippen LogP contribution in [0, 0.1) is 12.8 Å². The minimum absolute atomic E-state index is 0.147. The highest BCUT2D eigenvalue weighted by atomic mass is 16.2. The van der Waals surface area contributed by atoms with E-state index in [0.717, 1.165) is 19.4 Å². The summed E-state index contributed by atoms with van der Waals surface area (Å²) in [7, 11) is 1.93. The zero-order valence-electron chi connectivity index (χ0n) is 9.86. The number of likely N-dealkylation sites (tertiary alicyclic amines) is 1. The predicted molar refractivity (Wildman–Crippen MR) is 63.4 cm³/mol. The molecule has 0 N–H and O–H groups in total. The number of carbonyl (C=O) groups excluding carboxylic acids is 1. The average Bonchev–Trinajstić information content (AvgIpc) is 2.55. The summed E-state index contributed by atoms with van der Waals surface area (Å²) < 4.78 is 0. The van der Waals surface area contributed by atoms with Gasteiger partial charge in [-0.15, -0.1) is 0 Å². The second-order valence-corrected chi connectivity index (χ2v) is 5.20. The van der Waals surface area contributed by atoms with Crippen LogP contribution in [0.15, 0.2) is 18.2 Å². The number of nitrogens with zero attached hydrogens (tertiary/aromatic N) is 1. The van der Waals surface area contributed by atoms with Crippen molar-refractivity contribution >= 4 is 5.91 Å². The van der Waals surface area contributed by atoms with Crippen molar-refractivity contribution in [3.63, 3.8) is 0 Å². The fraction of sp³-hybridized carbons (Fsp3) is 0.500. The number of likely N-dealkylation sites (N-methyl/N-ethyl adjacent to an activating group) is 1. The van der Waals surface area contributed by atoms with Gasteiger partial charge in [-0.3, -0.25) is 4.79 Å². The number of carbonyl (C=O) groups is 1. The number of hydrogen-bond acceptors (Lipinski definition) is 1. The maximum absolute atomic E-state index is 12.1. The smallest absolute Gasteiger partial charge is 0.230 e. The third-order valence-corrected chi connectivity index (χ3v) is 4.04. The van der Waals surface area contributed by atoms with Crippen molar-refractivity contribution in [1.82, 2.24) is 4.90 Å². The van der Waals surface area contributed by atoms with Gasteiger partial charge in [-0.05, 0) is 36.8 Å². The zero-order valence-corrected chi connectivity index (χ0v) is 9.86. The molecule has 1 aromatic carbocycles. The van der Waals surface area contributed by atoms with Crippen LogP contribution in [0.4, 0.5) is 0 Å². The van der Waals surface area contributed by atoms with Crippen LogP contribution in [0.2, 0.25) is 0 Å². The van der Waals surface area contributed by atoms with Crippen LogP contribution in [0.5, 0.6) is 0 Å². The molecule has 2 atom stereocenters. The van der Waals surface area contributed by atoms with Gasteiger partial charge in [0.1, 0.15) is 0 Å². The Morgan fingerprint density at radius 2 is 2.19 bits per heavy atom. The van der Waals surface area contributed by atoms with Gasteiger partial charge in [-0.2, -0.15) is 0 Å². The van der Waals surface area contributed by atoms with Crippen LogP contribution < -0.4 is 0 Å². The van der Waals surface area contributed by atoms with Gasteiger partial charge < -0.3 is 4.90 Å². The van der Waals surface area contributed by atoms with Crippen LogP contribution in [-0.2, 0) is 11.2 Å². The first-order valence-electron chi connectivity index (χ1n) is 6.01. The van der Waals surface area contributed by atoms with Gasteiger partial charge in [0.2, 0.25) is 5.91 Å². The lowest BCUT2D eigenvalue weighted by molar-refractivity contribution is -0.128. The van der Waals surface area contributed by atoms with Crippen molar-refractivity contribution in [2.45, 2.75) is 25.7 Å². The Hall–Kier alpha value is -1.31. The summed E-state index contributed by atoms with van der Waals surface area (Å²) in [5.41, 5.74) is 3.95. The van der Waals surface area contributed by atoms with Gasteiger partial charge in [0, 0.05) is 13.6 Å². The summed E-state index contributed by atoms with van der Waals surface area (Å²) in [5.74, 6) is 1.01. The molecule has 1 aliphatic heterocycles. The summed E-state index contributed by atoms with van der Waals surface area (Å²) in [6, 6.07) is 6.57. The second kappa shape index (κ2) is 3.34. The first-order chi connectivity index (χ1) is 7.66. The van der Waals surface area contributed by atoms with E-state index >= 15 is 0 Å². The molecule has 1 saturated heterocycles. The number of hydrogen-bond donors (Lipinski definition) is 0. The lowest BCUT2D eigenvalue weighted by atomic mass is 9.76. The van der Waals surface area contributed by atoms with Gasteiger partial charge in [-0.25, -0.2) is 0 Å². The number of amides is 1. The molecule has 0 spiro atoms. The quantitative estimate of drug-likeness (QED) is 0.649. The molecule has 16 heavy (non-hydrogen) atoms. The summed E-state index contributed by atoms with van der Waals surface area (Å²) in [6.07, 6.45) is 2.30. The van der Waals surface area contributed by atoms with Crippen LogP contribution >= 0.6 is 0 Å². The molecule has 0 radical (unpaired) electrons. The largest absolute Gasteiger partial charge is 0.345 e. The number of aryl methyl sites for hydroxylation is 2. The third-order valence-electron chi connectivity index (χ3n) is 4.04. The number of rotatable bonds is 0. The second-order valence-electron chi connectivity index (χ2n) is 5.20. The van der Waals surface area contributed by atoms with E-state index in [1.54, 1.807) is 0 Å². The van der Waals surface area contributed by atoms with Crippen molar-refractivity contribution in [2.75, 3.05) is 13.6 Å². The summed E-state index contributed by atoms with van der Waals surface area (Å²) in [5, 5.41) is 0. The minimum Gasteiger partial charge on any atom is -0.345 e. The van der Waals surface area contributed by atoms with Crippen molar-refractivity contribution in [3.8, 4) is 0 Å². The Bertz CT molecular complexity index is 452. The van der Waals surface area contributed by atoms with E-state index in [0.29, 0.717) is 11.8 Å². The number of fused-ring (bicyclic) bond motifs is 3. The summed E-state index contributed by atoms with van der Waals surface area (Å²) >= 11 is 0.